The molecule has 5 heteroatoms. The van der Waals surface area contributed by atoms with Gasteiger partial charge in [-0.1, -0.05) is 47.1 Å². The van der Waals surface area contributed by atoms with Crippen molar-refractivity contribution in [3.8, 4) is 5.75 Å². The van der Waals surface area contributed by atoms with E-state index in [2.05, 4.69) is 45.3 Å². The van der Waals surface area contributed by atoms with E-state index in [-0.39, 0.29) is 0 Å². The van der Waals surface area contributed by atoms with Gasteiger partial charge in [0.05, 0.1) is 12.3 Å². The van der Waals surface area contributed by atoms with Crippen LogP contribution < -0.4 is 10.1 Å². The summed E-state index contributed by atoms with van der Waals surface area (Å²) in [5.74, 6) is 0.838. The molecule has 25 heavy (non-hydrogen) atoms. The summed E-state index contributed by atoms with van der Waals surface area (Å²) in [6.45, 7) is 4.77. The van der Waals surface area contributed by atoms with Crippen LogP contribution in [-0.4, -0.2) is 11.6 Å². The summed E-state index contributed by atoms with van der Waals surface area (Å²) in [7, 11) is 0. The molecule has 2 aromatic carbocycles. The highest BCUT2D eigenvalue weighted by atomic mass is 79.9. The molecule has 0 aliphatic carbocycles. The lowest BCUT2D eigenvalue weighted by Gasteiger charge is -2.16. The van der Waals surface area contributed by atoms with Gasteiger partial charge in [0.2, 0.25) is 0 Å². The highest BCUT2D eigenvalue weighted by Gasteiger charge is 2.14. The number of ether oxygens (including phenoxy) is 1. The molecule has 0 atom stereocenters. The number of halogens is 1. The molecule has 0 saturated heterocycles. The molecule has 0 fully saturated rings. The number of anilines is 2. The first-order chi connectivity index (χ1) is 12.2. The van der Waals surface area contributed by atoms with Gasteiger partial charge in [0, 0.05) is 10.0 Å². The SMILES string of the molecule is CC=CCc1cc(Br)cc(Nc2nc3ccccc3o2)c1OCCC. The van der Waals surface area contributed by atoms with Gasteiger partial charge in [0.1, 0.15) is 11.3 Å². The zero-order valence-corrected chi connectivity index (χ0v) is 16.0. The molecule has 0 bridgehead atoms. The Morgan fingerprint density at radius 2 is 2.12 bits per heavy atom. The summed E-state index contributed by atoms with van der Waals surface area (Å²) in [5.41, 5.74) is 3.53. The normalized spacial score (nSPS) is 11.3. The molecule has 0 unspecified atom stereocenters. The second kappa shape index (κ2) is 8.21. The highest BCUT2D eigenvalue weighted by Crippen LogP contribution is 2.36. The first-order valence-corrected chi connectivity index (χ1v) is 9.19. The van der Waals surface area contributed by atoms with Crippen LogP contribution in [0, 0.1) is 0 Å². The van der Waals surface area contributed by atoms with Gasteiger partial charge in [-0.15, -0.1) is 0 Å². The Morgan fingerprint density at radius 1 is 1.28 bits per heavy atom. The Hall–Kier alpha value is -2.27. The number of rotatable bonds is 7. The predicted octanol–water partition coefficient (Wildman–Crippen LogP) is 6.24. The Balaban J connectivity index is 1.98. The average molecular weight is 401 g/mol. The van der Waals surface area contributed by atoms with E-state index < -0.39 is 0 Å². The summed E-state index contributed by atoms with van der Waals surface area (Å²) < 4.78 is 12.8. The minimum Gasteiger partial charge on any atom is -0.491 e. The summed E-state index contributed by atoms with van der Waals surface area (Å²) in [6.07, 6.45) is 5.90. The van der Waals surface area contributed by atoms with E-state index in [0.29, 0.717) is 12.6 Å². The average Bonchev–Trinajstić information content (AvgIpc) is 3.01. The predicted molar refractivity (Wildman–Crippen MR) is 106 cm³/mol. The van der Waals surface area contributed by atoms with Crippen molar-refractivity contribution >= 4 is 38.7 Å². The Bertz CT molecular complexity index is 854. The van der Waals surface area contributed by atoms with Crippen LogP contribution in [0.1, 0.15) is 25.8 Å². The van der Waals surface area contributed by atoms with Crippen molar-refractivity contribution < 1.29 is 9.15 Å². The summed E-state index contributed by atoms with van der Waals surface area (Å²) >= 11 is 3.58. The number of hydrogen-bond acceptors (Lipinski definition) is 4. The van der Waals surface area contributed by atoms with Crippen LogP contribution in [0.4, 0.5) is 11.7 Å². The molecule has 0 aliphatic heterocycles. The van der Waals surface area contributed by atoms with Crippen LogP contribution in [0.5, 0.6) is 5.75 Å². The van der Waals surface area contributed by atoms with Gasteiger partial charge in [0.15, 0.2) is 5.58 Å². The van der Waals surface area contributed by atoms with E-state index >= 15 is 0 Å². The second-order valence-corrected chi connectivity index (χ2v) is 6.59. The molecule has 0 radical (unpaired) electrons. The molecule has 3 rings (SSSR count). The van der Waals surface area contributed by atoms with Crippen LogP contribution >= 0.6 is 15.9 Å². The lowest BCUT2D eigenvalue weighted by atomic mass is 10.1. The third kappa shape index (κ3) is 4.23. The lowest BCUT2D eigenvalue weighted by Crippen LogP contribution is -2.03. The number of para-hydroxylation sites is 2. The van der Waals surface area contributed by atoms with E-state index in [1.165, 1.54) is 0 Å². The van der Waals surface area contributed by atoms with E-state index in [0.717, 1.165) is 45.4 Å². The summed E-state index contributed by atoms with van der Waals surface area (Å²) in [5, 5.41) is 3.27. The van der Waals surface area contributed by atoms with Gasteiger partial charge in [-0.25, -0.2) is 0 Å². The summed E-state index contributed by atoms with van der Waals surface area (Å²) in [4.78, 5) is 4.49. The number of nitrogens with one attached hydrogen (secondary N) is 1. The molecule has 3 aromatic rings. The molecule has 4 nitrogen and oxygen atoms in total. The molecule has 0 spiro atoms. The number of allylic oxidation sites excluding steroid dienone is 2. The van der Waals surface area contributed by atoms with Crippen molar-refractivity contribution in [2.75, 3.05) is 11.9 Å². The van der Waals surface area contributed by atoms with Gasteiger partial charge >= 0.3 is 0 Å². The van der Waals surface area contributed by atoms with E-state index in [1.807, 2.05) is 43.3 Å². The fourth-order valence-corrected chi connectivity index (χ4v) is 3.06. The standard InChI is InChI=1S/C20H21BrN2O2/c1-3-5-8-14-12-15(21)13-17(19(14)24-11-4-2)23-20-22-16-9-6-7-10-18(16)25-20/h3,5-7,9-10,12-13H,4,8,11H2,1-2H3,(H,22,23). The third-order valence-corrected chi connectivity index (χ3v) is 4.15. The number of oxazole rings is 1. The quantitative estimate of drug-likeness (QED) is 0.476. The fourth-order valence-electron chi connectivity index (χ4n) is 2.55. The first-order valence-electron chi connectivity index (χ1n) is 8.40. The molecule has 1 heterocycles. The minimum absolute atomic E-state index is 0.456. The van der Waals surface area contributed by atoms with Crippen molar-refractivity contribution in [3.05, 3.63) is 58.6 Å². The lowest BCUT2D eigenvalue weighted by molar-refractivity contribution is 0.316. The maximum atomic E-state index is 6.03. The largest absolute Gasteiger partial charge is 0.491 e. The van der Waals surface area contributed by atoms with Crippen molar-refractivity contribution in [3.63, 3.8) is 0 Å². The Kier molecular flexibility index (Phi) is 5.76. The minimum atomic E-state index is 0.456. The van der Waals surface area contributed by atoms with Gasteiger partial charge in [-0.2, -0.15) is 4.98 Å². The van der Waals surface area contributed by atoms with Crippen LogP contribution in [0.2, 0.25) is 0 Å². The number of nitrogens with zero attached hydrogens (tertiary/aromatic N) is 1. The van der Waals surface area contributed by atoms with E-state index in [9.17, 15) is 0 Å². The smallest absolute Gasteiger partial charge is 0.300 e. The Labute approximate surface area is 156 Å². The number of hydrogen-bond donors (Lipinski definition) is 1. The monoisotopic (exact) mass is 400 g/mol. The number of fused-ring (bicyclic) bond motifs is 1. The molecule has 130 valence electrons. The first kappa shape index (κ1) is 17.5. The van der Waals surface area contributed by atoms with Gasteiger partial charge < -0.3 is 14.5 Å². The molecule has 0 aliphatic rings. The third-order valence-electron chi connectivity index (χ3n) is 3.69. The van der Waals surface area contributed by atoms with Crippen LogP contribution in [0.15, 0.2) is 57.4 Å². The maximum absolute atomic E-state index is 6.03. The molecular formula is C20H21BrN2O2. The van der Waals surface area contributed by atoms with E-state index in [1.54, 1.807) is 0 Å². The molecule has 1 N–H and O–H groups in total. The topological polar surface area (TPSA) is 47.3 Å². The number of benzene rings is 2. The summed E-state index contributed by atoms with van der Waals surface area (Å²) in [6, 6.07) is 12.2. The highest BCUT2D eigenvalue weighted by molar-refractivity contribution is 9.10. The van der Waals surface area contributed by atoms with Crippen LogP contribution in [-0.2, 0) is 6.42 Å². The van der Waals surface area contributed by atoms with Crippen molar-refractivity contribution in [2.45, 2.75) is 26.7 Å². The van der Waals surface area contributed by atoms with Gasteiger partial charge in [0.25, 0.3) is 6.01 Å². The van der Waals surface area contributed by atoms with Gasteiger partial charge in [-0.3, -0.25) is 0 Å². The maximum Gasteiger partial charge on any atom is 0.300 e. The van der Waals surface area contributed by atoms with Crippen molar-refractivity contribution in [1.82, 2.24) is 4.98 Å². The molecule has 0 saturated carbocycles. The molecule has 1 aromatic heterocycles. The zero-order valence-electron chi connectivity index (χ0n) is 14.4. The van der Waals surface area contributed by atoms with E-state index in [4.69, 9.17) is 9.15 Å². The van der Waals surface area contributed by atoms with Crippen LogP contribution in [0.3, 0.4) is 0 Å². The van der Waals surface area contributed by atoms with Crippen molar-refractivity contribution in [2.24, 2.45) is 0 Å². The van der Waals surface area contributed by atoms with Crippen molar-refractivity contribution in [1.29, 1.82) is 0 Å². The molecular weight excluding hydrogens is 380 g/mol. The second-order valence-electron chi connectivity index (χ2n) is 5.67. The fraction of sp³-hybridized carbons (Fsp3) is 0.250. The van der Waals surface area contributed by atoms with Gasteiger partial charge in [-0.05, 0) is 44.0 Å². The number of aromatic nitrogens is 1. The zero-order chi connectivity index (χ0) is 17.6. The van der Waals surface area contributed by atoms with Crippen LogP contribution in [0.25, 0.3) is 11.1 Å². The Morgan fingerprint density at radius 3 is 2.88 bits per heavy atom. The molecule has 0 amide bonds.